The minimum absolute atomic E-state index is 0.148. The number of hydrogen-bond donors (Lipinski definition) is 0. The van der Waals surface area contributed by atoms with Crippen molar-refractivity contribution < 1.29 is 4.79 Å². The highest BCUT2D eigenvalue weighted by Crippen LogP contribution is 2.10. The van der Waals surface area contributed by atoms with E-state index in [1.165, 1.54) is 12.3 Å². The topological polar surface area (TPSA) is 30.0 Å². The number of carbonyl (C=O) groups excluding carboxylic acids is 1. The summed E-state index contributed by atoms with van der Waals surface area (Å²) in [6.45, 7) is 4.95. The number of nitrogens with zero attached hydrogens (tertiary/aromatic N) is 1. The molecule has 1 rings (SSSR count). The van der Waals surface area contributed by atoms with Crippen molar-refractivity contribution in [2.75, 3.05) is 0 Å². The lowest BCUT2D eigenvalue weighted by Crippen LogP contribution is -1.94. The van der Waals surface area contributed by atoms with Gasteiger partial charge in [-0.05, 0) is 12.1 Å². The highest BCUT2D eigenvalue weighted by atomic mass is 35.5. The van der Waals surface area contributed by atoms with Gasteiger partial charge in [0.1, 0.15) is 5.15 Å². The van der Waals surface area contributed by atoms with Crippen LogP contribution >= 0.6 is 11.6 Å². The molecule has 3 heteroatoms. The third kappa shape index (κ3) is 1.33. The van der Waals surface area contributed by atoms with Crippen molar-refractivity contribution >= 4 is 17.4 Å². The maximum absolute atomic E-state index is 10.5. The quantitative estimate of drug-likeness (QED) is 0.454. The molecule has 0 unspecified atom stereocenters. The van der Waals surface area contributed by atoms with Gasteiger partial charge in [-0.1, -0.05) is 11.6 Å². The molecule has 0 aliphatic rings. The molecule has 0 N–H and O–H groups in total. The fourth-order valence-electron chi connectivity index (χ4n) is 0.570. The second kappa shape index (κ2) is 2.80. The molecule has 0 aromatic carbocycles. The largest absolute Gasteiger partial charge is 0.294 e. The number of Topliss-reactive ketones (excluding diaryl/α,β-unsaturated/α-hetero) is 1. The Kier molecular flexibility index (Phi) is 2.02. The summed E-state index contributed by atoms with van der Waals surface area (Å²) in [5.41, 5.74) is 0.254. The first kappa shape index (κ1) is 7.22. The van der Waals surface area contributed by atoms with Crippen LogP contribution in [-0.2, 0) is 0 Å². The molecule has 10 heavy (non-hydrogen) atoms. The van der Waals surface area contributed by atoms with Gasteiger partial charge in [-0.15, -0.1) is 0 Å². The van der Waals surface area contributed by atoms with Crippen LogP contribution in [0.25, 0.3) is 0 Å². The van der Waals surface area contributed by atoms with Gasteiger partial charge in [-0.2, -0.15) is 0 Å². The Balaban J connectivity index is 3.15. The maximum atomic E-state index is 10.5. The molecule has 2 nitrogen and oxygen atoms in total. The average molecular weight is 154 g/mol. The second-order valence-electron chi connectivity index (χ2n) is 1.71. The Morgan fingerprint density at radius 3 is 2.80 bits per heavy atom. The highest BCUT2D eigenvalue weighted by Gasteiger charge is 2.03. The SMILES string of the molecule is [CH]C(=O)c1cccnc1Cl. The molecule has 2 radical (unpaired) electrons. The van der Waals surface area contributed by atoms with Crippen LogP contribution in [0.5, 0.6) is 0 Å². The van der Waals surface area contributed by atoms with Crippen molar-refractivity contribution in [3.63, 3.8) is 0 Å². The Hall–Kier alpha value is -0.890. The molecular weight excluding hydrogens is 150 g/mol. The summed E-state index contributed by atoms with van der Waals surface area (Å²) in [5.74, 6) is -0.557. The summed E-state index contributed by atoms with van der Waals surface area (Å²) in [5, 5.41) is 0.148. The minimum Gasteiger partial charge on any atom is -0.294 e. The van der Waals surface area contributed by atoms with Crippen molar-refractivity contribution in [3.8, 4) is 0 Å². The van der Waals surface area contributed by atoms with Crippen molar-refractivity contribution in [2.45, 2.75) is 0 Å². The zero-order chi connectivity index (χ0) is 7.56. The summed E-state index contributed by atoms with van der Waals surface area (Å²) in [6, 6.07) is 3.13. The van der Waals surface area contributed by atoms with Crippen LogP contribution in [-0.4, -0.2) is 10.8 Å². The first-order valence-corrected chi connectivity index (χ1v) is 3.00. The van der Waals surface area contributed by atoms with Gasteiger partial charge >= 0.3 is 0 Å². The van der Waals surface area contributed by atoms with Crippen molar-refractivity contribution in [2.24, 2.45) is 0 Å². The lowest BCUT2D eigenvalue weighted by atomic mass is 10.2. The standard InChI is InChI=1S/C7H4ClNO/c1-5(10)6-3-2-4-9-7(6)8/h1-4H. The molecular formula is C7H4ClNO. The molecule has 1 aromatic heterocycles. The summed E-state index contributed by atoms with van der Waals surface area (Å²) >= 11 is 5.51. The molecule has 0 spiro atoms. The van der Waals surface area contributed by atoms with E-state index in [1.54, 1.807) is 6.07 Å². The summed E-state index contributed by atoms with van der Waals surface area (Å²) in [7, 11) is 0. The van der Waals surface area contributed by atoms with Gasteiger partial charge in [0.05, 0.1) is 5.56 Å². The number of hydrogen-bond acceptors (Lipinski definition) is 2. The summed E-state index contributed by atoms with van der Waals surface area (Å²) < 4.78 is 0. The summed E-state index contributed by atoms with van der Waals surface area (Å²) in [6.07, 6.45) is 1.49. The van der Waals surface area contributed by atoms with E-state index in [4.69, 9.17) is 18.5 Å². The van der Waals surface area contributed by atoms with Gasteiger partial charge in [-0.25, -0.2) is 4.98 Å². The molecule has 50 valence electrons. The smallest absolute Gasteiger partial charge is 0.170 e. The predicted molar refractivity (Wildman–Crippen MR) is 37.9 cm³/mol. The van der Waals surface area contributed by atoms with Gasteiger partial charge in [0.2, 0.25) is 0 Å². The van der Waals surface area contributed by atoms with Crippen LogP contribution in [0.2, 0.25) is 5.15 Å². The number of ketones is 1. The van der Waals surface area contributed by atoms with E-state index in [0.29, 0.717) is 0 Å². The monoisotopic (exact) mass is 153 g/mol. The van der Waals surface area contributed by atoms with Gasteiger partial charge in [0.15, 0.2) is 5.78 Å². The van der Waals surface area contributed by atoms with Crippen LogP contribution in [0.4, 0.5) is 0 Å². The molecule has 0 fully saturated rings. The number of rotatable bonds is 1. The van der Waals surface area contributed by atoms with Crippen molar-refractivity contribution in [3.05, 3.63) is 36.0 Å². The van der Waals surface area contributed by atoms with E-state index >= 15 is 0 Å². The minimum atomic E-state index is -0.557. The number of pyridine rings is 1. The third-order valence-electron chi connectivity index (χ3n) is 1.02. The number of carbonyl (C=O) groups is 1. The number of halogens is 1. The maximum Gasteiger partial charge on any atom is 0.170 e. The molecule has 0 aliphatic carbocycles. The Bertz CT molecular complexity index is 260. The van der Waals surface area contributed by atoms with E-state index in [1.807, 2.05) is 0 Å². The molecule has 0 saturated heterocycles. The zero-order valence-corrected chi connectivity index (χ0v) is 5.80. The van der Waals surface area contributed by atoms with Crippen LogP contribution in [0.15, 0.2) is 18.3 Å². The van der Waals surface area contributed by atoms with E-state index in [9.17, 15) is 4.79 Å². The third-order valence-corrected chi connectivity index (χ3v) is 1.33. The van der Waals surface area contributed by atoms with Gasteiger partial charge in [0.25, 0.3) is 0 Å². The fourth-order valence-corrected chi connectivity index (χ4v) is 0.782. The molecule has 1 aromatic rings. The average Bonchev–Trinajstić information content (AvgIpc) is 1.88. The predicted octanol–water partition coefficient (Wildman–Crippen LogP) is 1.63. The lowest BCUT2D eigenvalue weighted by molar-refractivity contribution is 0.104. The zero-order valence-electron chi connectivity index (χ0n) is 5.04. The van der Waals surface area contributed by atoms with Crippen LogP contribution in [0, 0.1) is 6.92 Å². The fraction of sp³-hybridized carbons (Fsp3) is 0. The molecule has 0 amide bonds. The van der Waals surface area contributed by atoms with Gasteiger partial charge < -0.3 is 0 Å². The second-order valence-corrected chi connectivity index (χ2v) is 2.06. The van der Waals surface area contributed by atoms with E-state index in [0.717, 1.165) is 0 Å². The van der Waals surface area contributed by atoms with E-state index in [2.05, 4.69) is 4.98 Å². The van der Waals surface area contributed by atoms with E-state index < -0.39 is 5.78 Å². The van der Waals surface area contributed by atoms with Crippen molar-refractivity contribution in [1.82, 2.24) is 4.98 Å². The Morgan fingerprint density at radius 1 is 1.70 bits per heavy atom. The van der Waals surface area contributed by atoms with Crippen molar-refractivity contribution in [1.29, 1.82) is 0 Å². The van der Waals surface area contributed by atoms with Crippen LogP contribution in [0.3, 0.4) is 0 Å². The van der Waals surface area contributed by atoms with Gasteiger partial charge in [0, 0.05) is 13.1 Å². The Labute approximate surface area is 63.8 Å². The normalized spacial score (nSPS) is 9.40. The lowest BCUT2D eigenvalue weighted by Gasteiger charge is -1.94. The van der Waals surface area contributed by atoms with E-state index in [-0.39, 0.29) is 10.7 Å². The van der Waals surface area contributed by atoms with Crippen LogP contribution in [0.1, 0.15) is 10.4 Å². The van der Waals surface area contributed by atoms with Crippen LogP contribution < -0.4 is 0 Å². The van der Waals surface area contributed by atoms with Gasteiger partial charge in [-0.3, -0.25) is 4.79 Å². The molecule has 0 atom stereocenters. The number of aromatic nitrogens is 1. The molecule has 0 bridgehead atoms. The first-order valence-electron chi connectivity index (χ1n) is 2.62. The molecule has 0 aliphatic heterocycles. The molecule has 0 saturated carbocycles. The molecule has 1 heterocycles. The first-order chi connectivity index (χ1) is 4.72. The highest BCUT2D eigenvalue weighted by molar-refractivity contribution is 6.32. The Morgan fingerprint density at radius 2 is 2.40 bits per heavy atom. The summed E-state index contributed by atoms with van der Waals surface area (Å²) in [4.78, 5) is 14.2.